The molecule has 0 aromatic rings. The van der Waals surface area contributed by atoms with Gasteiger partial charge in [0.05, 0.1) is 26.4 Å². The lowest BCUT2D eigenvalue weighted by Gasteiger charge is -2.21. The van der Waals surface area contributed by atoms with Gasteiger partial charge in [-0.25, -0.2) is 9.13 Å². The Hall–Kier alpha value is -5.35. The zero-order chi connectivity index (χ0) is 83.6. The van der Waals surface area contributed by atoms with Crippen molar-refractivity contribution in [2.45, 2.75) is 373 Å². The number of rotatable bonds is 84. The highest BCUT2D eigenvalue weighted by molar-refractivity contribution is 7.47. The lowest BCUT2D eigenvalue weighted by Crippen LogP contribution is -2.29. The highest BCUT2D eigenvalue weighted by Gasteiger charge is 2.29. The Morgan fingerprint density at radius 2 is 0.478 bits per heavy atom. The average molecular weight is 1650 g/mol. The monoisotopic (exact) mass is 1650 g/mol. The SMILES string of the molecule is CC/C=C\C/C=C\C/C=C\C/C=C\C/C=C\C/C=C\CCC(=O)OC(COC(=O)CCCCCCCCCCCCCCC/C=C\C/C=C\C/C=C\C/C=C\C/C=C\CC)COP(=O)(O)OCC(O)COP(=O)(O)OCC(O)COC(=O)CCCCCCCCCCCCCCCCC/C=C\C/C=C\C/C=C\C/C=C\CCCCC. The van der Waals surface area contributed by atoms with E-state index in [2.05, 4.69) is 185 Å². The third-order valence-corrected chi connectivity index (χ3v) is 20.5. The molecule has 16 nitrogen and oxygen atoms in total. The van der Waals surface area contributed by atoms with Crippen molar-refractivity contribution in [1.29, 1.82) is 0 Å². The van der Waals surface area contributed by atoms with Crippen LogP contribution in [0.2, 0.25) is 0 Å². The van der Waals surface area contributed by atoms with Crippen LogP contribution in [0, 0.1) is 0 Å². The molecule has 115 heavy (non-hydrogen) atoms. The minimum Gasteiger partial charge on any atom is -0.463 e. The highest BCUT2D eigenvalue weighted by Crippen LogP contribution is 2.45. The molecule has 0 rings (SSSR count). The number of phosphoric acid groups is 2. The van der Waals surface area contributed by atoms with Crippen LogP contribution in [-0.4, -0.2) is 95.9 Å². The van der Waals surface area contributed by atoms with Crippen LogP contribution in [0.15, 0.2) is 182 Å². The van der Waals surface area contributed by atoms with Crippen molar-refractivity contribution in [1.82, 2.24) is 0 Å². The van der Waals surface area contributed by atoms with E-state index in [1.165, 1.54) is 154 Å². The van der Waals surface area contributed by atoms with Crippen LogP contribution in [-0.2, 0) is 55.8 Å². The molecule has 0 saturated heterocycles. The predicted octanol–water partition coefficient (Wildman–Crippen LogP) is 27.7. The standard InChI is InChI=1S/C97H162O16P2/c1-4-7-10-13-16-19-22-25-28-31-34-36-38-40-42-44-45-47-49-50-52-54-57-59-62-65-68-71-74-77-80-83-95(100)107-86-92(98)87-109-114(103,104)110-88-93(99)89-111-115(105,106)112-91-94(113-97(102)85-82-79-76-73-70-67-64-61-56-33-30-27-24-21-18-15-12-9-6-3)90-108-96(101)84-81-78-75-72-69-66-63-60-58-55-53-51-48-46-43-41-39-37-35-32-29-26-23-20-17-14-11-8-5-2/h8-9,11-12,16-21,25-30,34-37,40-43,56,61,67,70,76,79,92-94,98-99H,4-7,10,13-15,22-24,31-33,38-39,44-55,57-60,62-66,68-69,71-75,77-78,80-91H2,1-3H3,(H,103,104)(H,105,106)/b11-8-,12-9-,19-16-,20-17-,21-18-,28-25-,29-26-,30-27-,36-34-,37-35-,42-40-,43-41-,61-56-,70-67-,79-76-. The van der Waals surface area contributed by atoms with Gasteiger partial charge in [-0.15, -0.1) is 0 Å². The Morgan fingerprint density at radius 1 is 0.252 bits per heavy atom. The van der Waals surface area contributed by atoms with Gasteiger partial charge in [0.2, 0.25) is 0 Å². The van der Waals surface area contributed by atoms with Gasteiger partial charge < -0.3 is 34.2 Å². The molecule has 0 aliphatic heterocycles. The van der Waals surface area contributed by atoms with Gasteiger partial charge in [0.25, 0.3) is 0 Å². The summed E-state index contributed by atoms with van der Waals surface area (Å²) in [6.07, 6.45) is 115. The van der Waals surface area contributed by atoms with E-state index in [1.54, 1.807) is 0 Å². The molecule has 0 aromatic carbocycles. The van der Waals surface area contributed by atoms with Crippen LogP contribution in [0.4, 0.5) is 0 Å². The summed E-state index contributed by atoms with van der Waals surface area (Å²) in [5.74, 6) is -1.68. The first-order chi connectivity index (χ1) is 56.2. The van der Waals surface area contributed by atoms with Crippen molar-refractivity contribution < 1.29 is 75.8 Å². The Balaban J connectivity index is 4.60. The zero-order valence-corrected chi connectivity index (χ0v) is 73.9. The summed E-state index contributed by atoms with van der Waals surface area (Å²) in [5.41, 5.74) is 0. The Kier molecular flexibility index (Phi) is 83.9. The number of aliphatic hydroxyl groups excluding tert-OH is 2. The maximum Gasteiger partial charge on any atom is 0.472 e. The van der Waals surface area contributed by atoms with E-state index in [0.717, 1.165) is 135 Å². The summed E-state index contributed by atoms with van der Waals surface area (Å²) in [5, 5.41) is 20.7. The number of ether oxygens (including phenoxy) is 3. The van der Waals surface area contributed by atoms with E-state index >= 15 is 0 Å². The van der Waals surface area contributed by atoms with Crippen molar-refractivity contribution in [2.24, 2.45) is 0 Å². The molecule has 0 fully saturated rings. The molecule has 0 radical (unpaired) electrons. The first-order valence-electron chi connectivity index (χ1n) is 45.1. The van der Waals surface area contributed by atoms with Gasteiger partial charge in [-0.3, -0.25) is 32.5 Å². The van der Waals surface area contributed by atoms with Crippen molar-refractivity contribution in [3.63, 3.8) is 0 Å². The molecule has 0 aliphatic rings. The second kappa shape index (κ2) is 87.9. The number of carbonyl (C=O) groups excluding carboxylic acids is 3. The van der Waals surface area contributed by atoms with E-state index < -0.39 is 91.5 Å². The van der Waals surface area contributed by atoms with Crippen molar-refractivity contribution in [2.75, 3.05) is 39.6 Å². The molecule has 0 spiro atoms. The molecule has 656 valence electrons. The Bertz CT molecular complexity index is 2820. The number of allylic oxidation sites excluding steroid dienone is 30. The second-order valence-electron chi connectivity index (χ2n) is 29.6. The first-order valence-corrected chi connectivity index (χ1v) is 48.1. The van der Waals surface area contributed by atoms with Gasteiger partial charge in [-0.1, -0.05) is 370 Å². The molecule has 0 amide bonds. The molecular weight excluding hydrogens is 1480 g/mol. The Labute approximate surface area is 700 Å². The van der Waals surface area contributed by atoms with Crippen LogP contribution in [0.3, 0.4) is 0 Å². The van der Waals surface area contributed by atoms with Crippen LogP contribution >= 0.6 is 15.6 Å². The van der Waals surface area contributed by atoms with Crippen molar-refractivity contribution >= 4 is 33.6 Å². The highest BCUT2D eigenvalue weighted by atomic mass is 31.2. The maximum absolute atomic E-state index is 13.0. The third-order valence-electron chi connectivity index (χ3n) is 18.6. The minimum absolute atomic E-state index is 0.0259. The summed E-state index contributed by atoms with van der Waals surface area (Å²) >= 11 is 0. The largest absolute Gasteiger partial charge is 0.472 e. The summed E-state index contributed by atoms with van der Waals surface area (Å²) < 4.78 is 61.3. The van der Waals surface area contributed by atoms with Gasteiger partial charge >= 0.3 is 33.6 Å². The molecule has 5 unspecified atom stereocenters. The fraction of sp³-hybridized carbons (Fsp3) is 0.660. The van der Waals surface area contributed by atoms with E-state index in [1.807, 2.05) is 18.2 Å². The Morgan fingerprint density at radius 3 is 0.765 bits per heavy atom. The number of aliphatic hydroxyl groups is 2. The van der Waals surface area contributed by atoms with Crippen LogP contribution in [0.25, 0.3) is 0 Å². The fourth-order valence-corrected chi connectivity index (χ4v) is 13.4. The van der Waals surface area contributed by atoms with E-state index in [4.69, 9.17) is 32.3 Å². The number of unbranched alkanes of at least 4 members (excludes halogenated alkanes) is 31. The second-order valence-corrected chi connectivity index (χ2v) is 32.5. The zero-order valence-electron chi connectivity index (χ0n) is 72.1. The van der Waals surface area contributed by atoms with Crippen molar-refractivity contribution in [3.8, 4) is 0 Å². The summed E-state index contributed by atoms with van der Waals surface area (Å²) in [7, 11) is -9.84. The molecule has 18 heteroatoms. The van der Waals surface area contributed by atoms with Crippen LogP contribution < -0.4 is 0 Å². The van der Waals surface area contributed by atoms with E-state index in [9.17, 15) is 43.5 Å². The van der Waals surface area contributed by atoms with E-state index in [0.29, 0.717) is 25.7 Å². The third kappa shape index (κ3) is 89.3. The van der Waals surface area contributed by atoms with E-state index in [-0.39, 0.29) is 19.3 Å². The molecule has 0 bridgehead atoms. The smallest absolute Gasteiger partial charge is 0.463 e. The molecule has 5 atom stereocenters. The maximum atomic E-state index is 13.0. The predicted molar refractivity (Wildman–Crippen MR) is 481 cm³/mol. The molecule has 0 saturated carbocycles. The number of hydrogen-bond donors (Lipinski definition) is 4. The minimum atomic E-state index is -4.96. The number of esters is 3. The first kappa shape index (κ1) is 110. The lowest BCUT2D eigenvalue weighted by molar-refractivity contribution is -0.161. The van der Waals surface area contributed by atoms with Crippen LogP contribution in [0.1, 0.15) is 355 Å². The molecule has 0 aliphatic carbocycles. The summed E-state index contributed by atoms with van der Waals surface area (Å²) in [6.45, 7) is 2.36. The topological polar surface area (TPSA) is 231 Å². The lowest BCUT2D eigenvalue weighted by atomic mass is 10.0. The van der Waals surface area contributed by atoms with Gasteiger partial charge in [0, 0.05) is 19.3 Å². The molecule has 0 heterocycles. The summed E-state index contributed by atoms with van der Waals surface area (Å²) in [6, 6.07) is 0. The van der Waals surface area contributed by atoms with Crippen molar-refractivity contribution in [3.05, 3.63) is 182 Å². The molecule has 4 N–H and O–H groups in total. The van der Waals surface area contributed by atoms with Gasteiger partial charge in [0.15, 0.2) is 6.10 Å². The molecular formula is C97H162O16P2. The fourth-order valence-electron chi connectivity index (χ4n) is 11.8. The molecule has 0 aromatic heterocycles. The van der Waals surface area contributed by atoms with Gasteiger partial charge in [-0.05, 0) is 148 Å². The normalized spacial score (nSPS) is 14.7. The summed E-state index contributed by atoms with van der Waals surface area (Å²) in [4.78, 5) is 58.9. The average Bonchev–Trinajstić information content (AvgIpc) is 0.890. The number of hydrogen-bond acceptors (Lipinski definition) is 14. The van der Waals surface area contributed by atoms with Gasteiger partial charge in [0.1, 0.15) is 25.4 Å². The number of carbonyl (C=O) groups is 3. The van der Waals surface area contributed by atoms with Crippen LogP contribution in [0.5, 0.6) is 0 Å². The number of phosphoric ester groups is 2. The quantitative estimate of drug-likeness (QED) is 0.0146. The van der Waals surface area contributed by atoms with Gasteiger partial charge in [-0.2, -0.15) is 0 Å².